The van der Waals surface area contributed by atoms with Crippen LogP contribution in [0.3, 0.4) is 0 Å². The van der Waals surface area contributed by atoms with Gasteiger partial charge in [0.15, 0.2) is 0 Å². The van der Waals surface area contributed by atoms with Crippen LogP contribution in [-0.2, 0) is 11.2 Å². The molecule has 33 heavy (non-hydrogen) atoms. The van der Waals surface area contributed by atoms with Gasteiger partial charge in [0.05, 0.1) is 5.69 Å². The summed E-state index contributed by atoms with van der Waals surface area (Å²) in [6, 6.07) is 10.9. The van der Waals surface area contributed by atoms with Crippen molar-refractivity contribution in [3.63, 3.8) is 0 Å². The zero-order valence-electron chi connectivity index (χ0n) is 19.5. The number of nitrogens with zero attached hydrogens (tertiary/aromatic N) is 3. The van der Waals surface area contributed by atoms with E-state index in [2.05, 4.69) is 50.4 Å². The van der Waals surface area contributed by atoms with Gasteiger partial charge in [-0.05, 0) is 67.9 Å². The van der Waals surface area contributed by atoms with E-state index in [4.69, 9.17) is 0 Å². The molecule has 3 heterocycles. The Balaban J connectivity index is 1.32. The molecule has 2 fully saturated rings. The van der Waals surface area contributed by atoms with Gasteiger partial charge in [-0.2, -0.15) is 0 Å². The minimum Gasteiger partial charge on any atom is -0.396 e. The Kier molecular flexibility index (Phi) is 6.81. The number of rotatable bonds is 5. The summed E-state index contributed by atoms with van der Waals surface area (Å²) in [5.74, 6) is 1.42. The first-order valence-electron chi connectivity index (χ1n) is 12.7. The molecule has 1 saturated heterocycles. The number of aliphatic hydroxyl groups is 1. The average Bonchev–Trinajstić information content (AvgIpc) is 3.14. The van der Waals surface area contributed by atoms with E-state index in [0.29, 0.717) is 18.4 Å². The van der Waals surface area contributed by atoms with Crippen LogP contribution in [0.4, 0.5) is 22.9 Å². The fourth-order valence-corrected chi connectivity index (χ4v) is 5.72. The topological polar surface area (TPSA) is 68.7 Å². The minimum absolute atomic E-state index is 0.263. The second kappa shape index (κ2) is 10.1. The zero-order chi connectivity index (χ0) is 22.6. The van der Waals surface area contributed by atoms with Crippen molar-refractivity contribution in [1.29, 1.82) is 0 Å². The van der Waals surface area contributed by atoms with E-state index < -0.39 is 0 Å². The molecule has 1 saturated carbocycles. The fraction of sp³-hybridized carbons (Fsp3) is 0.556. The van der Waals surface area contributed by atoms with Crippen molar-refractivity contribution in [1.82, 2.24) is 4.98 Å². The minimum atomic E-state index is 0.263. The molecule has 0 spiro atoms. The standard InChI is InChI=1S/C27H36N4O2/c32-19-20-6-5-15-30(18-20)23-12-10-22(11-13-23)29-26-16-25-21(17-28-26)9-14-27(33)31(25)24-7-3-1-2-4-8-24/h10-13,16-17,20,24,32H,1-9,14-15,18-19H2,(H,28,29). The van der Waals surface area contributed by atoms with E-state index in [9.17, 15) is 9.90 Å². The van der Waals surface area contributed by atoms with Gasteiger partial charge in [0.25, 0.3) is 0 Å². The monoisotopic (exact) mass is 448 g/mol. The molecule has 2 aromatic rings. The quantitative estimate of drug-likeness (QED) is 0.628. The normalized spacial score (nSPS) is 22.1. The summed E-state index contributed by atoms with van der Waals surface area (Å²) in [6.07, 6.45) is 12.7. The highest BCUT2D eigenvalue weighted by atomic mass is 16.3. The van der Waals surface area contributed by atoms with Crippen molar-refractivity contribution in [2.24, 2.45) is 5.92 Å². The third-order valence-corrected chi connectivity index (χ3v) is 7.57. The number of pyridine rings is 1. The van der Waals surface area contributed by atoms with Crippen molar-refractivity contribution in [3.05, 3.63) is 42.1 Å². The zero-order valence-corrected chi connectivity index (χ0v) is 19.5. The Morgan fingerprint density at radius 2 is 1.79 bits per heavy atom. The molecule has 0 bridgehead atoms. The summed E-state index contributed by atoms with van der Waals surface area (Å²) in [5.41, 5.74) is 4.42. The Hall–Kier alpha value is -2.60. The molecule has 1 aromatic heterocycles. The Labute approximate surface area is 197 Å². The lowest BCUT2D eigenvalue weighted by molar-refractivity contribution is -0.119. The predicted molar refractivity (Wildman–Crippen MR) is 133 cm³/mol. The first-order chi connectivity index (χ1) is 16.2. The van der Waals surface area contributed by atoms with Gasteiger partial charge in [-0.15, -0.1) is 0 Å². The average molecular weight is 449 g/mol. The maximum Gasteiger partial charge on any atom is 0.227 e. The number of hydrogen-bond acceptors (Lipinski definition) is 5. The molecule has 3 aliphatic rings. The maximum atomic E-state index is 12.9. The van der Waals surface area contributed by atoms with Crippen LogP contribution in [0.5, 0.6) is 0 Å². The molecular formula is C27H36N4O2. The number of fused-ring (bicyclic) bond motifs is 1. The third kappa shape index (κ3) is 5.01. The molecule has 2 aliphatic heterocycles. The molecule has 1 aromatic carbocycles. The molecule has 1 atom stereocenters. The van der Waals surface area contributed by atoms with E-state index >= 15 is 0 Å². The van der Waals surface area contributed by atoms with Crippen LogP contribution in [0.2, 0.25) is 0 Å². The maximum absolute atomic E-state index is 12.9. The largest absolute Gasteiger partial charge is 0.396 e. The molecular weight excluding hydrogens is 412 g/mol. The van der Waals surface area contributed by atoms with E-state index in [-0.39, 0.29) is 12.5 Å². The van der Waals surface area contributed by atoms with E-state index in [1.807, 2.05) is 6.20 Å². The number of benzene rings is 1. The van der Waals surface area contributed by atoms with Crippen LogP contribution < -0.4 is 15.1 Å². The van der Waals surface area contributed by atoms with Crippen LogP contribution in [0.25, 0.3) is 0 Å². The second-order valence-corrected chi connectivity index (χ2v) is 9.92. The van der Waals surface area contributed by atoms with Crippen LogP contribution in [0.15, 0.2) is 36.5 Å². The number of anilines is 4. The highest BCUT2D eigenvalue weighted by Gasteiger charge is 2.31. The van der Waals surface area contributed by atoms with Gasteiger partial charge in [-0.1, -0.05) is 25.7 Å². The van der Waals surface area contributed by atoms with Gasteiger partial charge in [-0.25, -0.2) is 4.98 Å². The Morgan fingerprint density at radius 3 is 2.55 bits per heavy atom. The molecule has 176 valence electrons. The first kappa shape index (κ1) is 22.2. The van der Waals surface area contributed by atoms with Crippen LogP contribution in [-0.4, -0.2) is 41.7 Å². The van der Waals surface area contributed by atoms with Crippen molar-refractivity contribution < 1.29 is 9.90 Å². The summed E-state index contributed by atoms with van der Waals surface area (Å²) in [5, 5.41) is 13.0. The highest BCUT2D eigenvalue weighted by molar-refractivity contribution is 5.97. The second-order valence-electron chi connectivity index (χ2n) is 9.92. The van der Waals surface area contributed by atoms with Crippen LogP contribution >= 0.6 is 0 Å². The van der Waals surface area contributed by atoms with Gasteiger partial charge in [-0.3, -0.25) is 4.79 Å². The van der Waals surface area contributed by atoms with Crippen molar-refractivity contribution >= 4 is 28.8 Å². The van der Waals surface area contributed by atoms with Gasteiger partial charge >= 0.3 is 0 Å². The molecule has 1 aliphatic carbocycles. The van der Waals surface area contributed by atoms with Crippen molar-refractivity contribution in [2.75, 3.05) is 34.8 Å². The van der Waals surface area contributed by atoms with Crippen molar-refractivity contribution in [2.45, 2.75) is 70.3 Å². The lowest BCUT2D eigenvalue weighted by Gasteiger charge is -2.36. The number of carbonyl (C=O) groups excluding carboxylic acids is 1. The van der Waals surface area contributed by atoms with E-state index in [0.717, 1.165) is 62.4 Å². The van der Waals surface area contributed by atoms with E-state index in [1.165, 1.54) is 36.9 Å². The number of aryl methyl sites for hydroxylation is 1. The SMILES string of the molecule is O=C1CCc2cnc(Nc3ccc(N4CCCC(CO)C4)cc3)cc2N1C1CCCCCC1. The van der Waals surface area contributed by atoms with Crippen LogP contribution in [0, 0.1) is 5.92 Å². The van der Waals surface area contributed by atoms with Gasteiger partial charge < -0.3 is 20.2 Å². The number of aromatic nitrogens is 1. The lowest BCUT2D eigenvalue weighted by Crippen LogP contribution is -2.43. The lowest BCUT2D eigenvalue weighted by atomic mass is 9.98. The Morgan fingerprint density at radius 1 is 1.00 bits per heavy atom. The number of hydrogen-bond donors (Lipinski definition) is 2. The highest BCUT2D eigenvalue weighted by Crippen LogP contribution is 2.35. The van der Waals surface area contributed by atoms with Crippen LogP contribution in [0.1, 0.15) is 63.4 Å². The summed E-state index contributed by atoms with van der Waals surface area (Å²) in [4.78, 5) is 22.0. The smallest absolute Gasteiger partial charge is 0.227 e. The number of piperidine rings is 1. The Bertz CT molecular complexity index is 953. The number of nitrogens with one attached hydrogen (secondary N) is 1. The summed E-state index contributed by atoms with van der Waals surface area (Å²) >= 11 is 0. The summed E-state index contributed by atoms with van der Waals surface area (Å²) in [6.45, 7) is 2.22. The van der Waals surface area contributed by atoms with Crippen molar-refractivity contribution in [3.8, 4) is 0 Å². The third-order valence-electron chi connectivity index (χ3n) is 7.57. The fourth-order valence-electron chi connectivity index (χ4n) is 5.72. The molecule has 6 heteroatoms. The molecule has 0 radical (unpaired) electrons. The molecule has 6 nitrogen and oxygen atoms in total. The molecule has 1 unspecified atom stereocenters. The molecule has 5 rings (SSSR count). The number of carbonyl (C=O) groups is 1. The molecule has 2 N–H and O–H groups in total. The summed E-state index contributed by atoms with van der Waals surface area (Å²) < 4.78 is 0. The summed E-state index contributed by atoms with van der Waals surface area (Å²) in [7, 11) is 0. The predicted octanol–water partition coefficient (Wildman–Crippen LogP) is 5.04. The van der Waals surface area contributed by atoms with E-state index in [1.54, 1.807) is 0 Å². The van der Waals surface area contributed by atoms with Gasteiger partial charge in [0.2, 0.25) is 5.91 Å². The number of amides is 1. The van der Waals surface area contributed by atoms with Gasteiger partial charge in [0, 0.05) is 55.8 Å². The molecule has 1 amide bonds. The number of aliphatic hydroxyl groups excluding tert-OH is 1. The first-order valence-corrected chi connectivity index (χ1v) is 12.7. The van der Waals surface area contributed by atoms with Gasteiger partial charge in [0.1, 0.15) is 5.82 Å².